The SMILES string of the molecule is Cc1c(N)cc(C(=O)OCC2CCOC2)cc1F. The van der Waals surface area contributed by atoms with Gasteiger partial charge < -0.3 is 15.2 Å². The van der Waals surface area contributed by atoms with Crippen LogP contribution in [0.25, 0.3) is 0 Å². The number of hydrogen-bond acceptors (Lipinski definition) is 4. The van der Waals surface area contributed by atoms with Crippen LogP contribution in [-0.4, -0.2) is 25.8 Å². The van der Waals surface area contributed by atoms with Gasteiger partial charge in [0, 0.05) is 23.8 Å². The number of nitrogen functional groups attached to an aromatic ring is 1. The molecule has 0 spiro atoms. The van der Waals surface area contributed by atoms with Crippen molar-refractivity contribution in [2.24, 2.45) is 5.92 Å². The Balaban J connectivity index is 2.00. The van der Waals surface area contributed by atoms with Crippen LogP contribution in [0.15, 0.2) is 12.1 Å². The number of benzene rings is 1. The molecular formula is C13H16FNO3. The molecule has 1 unspecified atom stereocenters. The van der Waals surface area contributed by atoms with Crippen molar-refractivity contribution >= 4 is 11.7 Å². The highest BCUT2D eigenvalue weighted by Crippen LogP contribution is 2.19. The Morgan fingerprint density at radius 3 is 3.00 bits per heavy atom. The molecule has 5 heteroatoms. The molecule has 1 fully saturated rings. The Labute approximate surface area is 105 Å². The lowest BCUT2D eigenvalue weighted by atomic mass is 10.1. The summed E-state index contributed by atoms with van der Waals surface area (Å²) in [5.41, 5.74) is 6.36. The average molecular weight is 253 g/mol. The maximum absolute atomic E-state index is 13.4. The van der Waals surface area contributed by atoms with Crippen molar-refractivity contribution in [1.82, 2.24) is 0 Å². The Bertz CT molecular complexity index is 433. The average Bonchev–Trinajstić information content (AvgIpc) is 2.85. The van der Waals surface area contributed by atoms with Crippen molar-refractivity contribution in [3.8, 4) is 0 Å². The van der Waals surface area contributed by atoms with Gasteiger partial charge in [-0.15, -0.1) is 0 Å². The van der Waals surface area contributed by atoms with Crippen LogP contribution in [0.5, 0.6) is 0 Å². The van der Waals surface area contributed by atoms with E-state index in [0.29, 0.717) is 25.4 Å². The summed E-state index contributed by atoms with van der Waals surface area (Å²) in [6.45, 7) is 3.18. The maximum Gasteiger partial charge on any atom is 0.338 e. The molecule has 2 N–H and O–H groups in total. The molecule has 4 nitrogen and oxygen atoms in total. The number of nitrogens with two attached hydrogens (primary N) is 1. The summed E-state index contributed by atoms with van der Waals surface area (Å²) < 4.78 is 23.7. The first-order chi connectivity index (χ1) is 8.58. The van der Waals surface area contributed by atoms with Crippen LogP contribution in [0.4, 0.5) is 10.1 Å². The molecule has 18 heavy (non-hydrogen) atoms. The van der Waals surface area contributed by atoms with Crippen molar-refractivity contribution in [2.45, 2.75) is 13.3 Å². The fourth-order valence-corrected chi connectivity index (χ4v) is 1.81. The molecular weight excluding hydrogens is 237 g/mol. The van der Waals surface area contributed by atoms with Crippen molar-refractivity contribution in [3.05, 3.63) is 29.1 Å². The minimum atomic E-state index is -0.549. The summed E-state index contributed by atoms with van der Waals surface area (Å²) in [6, 6.07) is 2.59. The molecule has 1 saturated heterocycles. The third-order valence-electron chi connectivity index (χ3n) is 3.09. The number of rotatable bonds is 3. The number of esters is 1. The molecule has 1 heterocycles. The van der Waals surface area contributed by atoms with E-state index in [2.05, 4.69) is 0 Å². The first-order valence-electron chi connectivity index (χ1n) is 5.88. The Morgan fingerprint density at radius 1 is 1.61 bits per heavy atom. The highest BCUT2D eigenvalue weighted by Gasteiger charge is 2.19. The van der Waals surface area contributed by atoms with E-state index in [1.165, 1.54) is 6.07 Å². The second-order valence-corrected chi connectivity index (χ2v) is 4.50. The van der Waals surface area contributed by atoms with Gasteiger partial charge in [0.1, 0.15) is 5.82 Å². The third-order valence-corrected chi connectivity index (χ3v) is 3.09. The van der Waals surface area contributed by atoms with Gasteiger partial charge in [-0.1, -0.05) is 0 Å². The molecule has 0 aromatic heterocycles. The fraction of sp³-hybridized carbons (Fsp3) is 0.462. The van der Waals surface area contributed by atoms with Crippen LogP contribution in [0.3, 0.4) is 0 Å². The number of halogens is 1. The van der Waals surface area contributed by atoms with Crippen molar-refractivity contribution in [2.75, 3.05) is 25.6 Å². The smallest absolute Gasteiger partial charge is 0.338 e. The lowest BCUT2D eigenvalue weighted by Crippen LogP contribution is -2.15. The van der Waals surface area contributed by atoms with Crippen LogP contribution >= 0.6 is 0 Å². The molecule has 0 aliphatic carbocycles. The van der Waals surface area contributed by atoms with Gasteiger partial charge in [0.15, 0.2) is 0 Å². The second kappa shape index (κ2) is 5.35. The minimum Gasteiger partial charge on any atom is -0.462 e. The summed E-state index contributed by atoms with van der Waals surface area (Å²) in [5.74, 6) is -0.805. The third kappa shape index (κ3) is 2.79. The van der Waals surface area contributed by atoms with Gasteiger partial charge >= 0.3 is 5.97 Å². The van der Waals surface area contributed by atoms with Crippen molar-refractivity contribution < 1.29 is 18.7 Å². The molecule has 0 amide bonds. The molecule has 1 aromatic rings. The number of carbonyl (C=O) groups is 1. The van der Waals surface area contributed by atoms with Gasteiger partial charge in [-0.25, -0.2) is 9.18 Å². The highest BCUT2D eigenvalue weighted by atomic mass is 19.1. The van der Waals surface area contributed by atoms with Gasteiger partial charge in [0.2, 0.25) is 0 Å². The Kier molecular flexibility index (Phi) is 3.81. The zero-order chi connectivity index (χ0) is 13.1. The van der Waals surface area contributed by atoms with E-state index < -0.39 is 11.8 Å². The molecule has 1 aromatic carbocycles. The van der Waals surface area contributed by atoms with E-state index in [-0.39, 0.29) is 17.2 Å². The molecule has 0 radical (unpaired) electrons. The zero-order valence-corrected chi connectivity index (χ0v) is 10.2. The molecule has 1 aliphatic rings. The predicted molar refractivity (Wildman–Crippen MR) is 64.8 cm³/mol. The first kappa shape index (κ1) is 12.8. The van der Waals surface area contributed by atoms with Crippen LogP contribution in [0.1, 0.15) is 22.3 Å². The Morgan fingerprint density at radius 2 is 2.39 bits per heavy atom. The number of carbonyl (C=O) groups excluding carboxylic acids is 1. The topological polar surface area (TPSA) is 61.6 Å². The lowest BCUT2D eigenvalue weighted by Gasteiger charge is -2.10. The van der Waals surface area contributed by atoms with Crippen molar-refractivity contribution in [1.29, 1.82) is 0 Å². The lowest BCUT2D eigenvalue weighted by molar-refractivity contribution is 0.0427. The largest absolute Gasteiger partial charge is 0.462 e. The van der Waals surface area contributed by atoms with Gasteiger partial charge in [0.05, 0.1) is 18.8 Å². The van der Waals surface area contributed by atoms with E-state index in [1.54, 1.807) is 6.92 Å². The van der Waals surface area contributed by atoms with Crippen LogP contribution in [0.2, 0.25) is 0 Å². The van der Waals surface area contributed by atoms with Gasteiger partial charge in [-0.3, -0.25) is 0 Å². The summed E-state index contributed by atoms with van der Waals surface area (Å²) >= 11 is 0. The van der Waals surface area contributed by atoms with Gasteiger partial charge in [-0.2, -0.15) is 0 Å². The molecule has 0 saturated carbocycles. The first-order valence-corrected chi connectivity index (χ1v) is 5.88. The molecule has 2 rings (SSSR count). The standard InChI is InChI=1S/C13H16FNO3/c1-8-11(14)4-10(5-12(8)15)13(16)18-7-9-2-3-17-6-9/h4-5,9H,2-3,6-7,15H2,1H3. The molecule has 1 atom stereocenters. The van der Waals surface area contributed by atoms with Crippen LogP contribution in [-0.2, 0) is 9.47 Å². The second-order valence-electron chi connectivity index (χ2n) is 4.50. The number of anilines is 1. The van der Waals surface area contributed by atoms with E-state index >= 15 is 0 Å². The van der Waals surface area contributed by atoms with E-state index in [1.807, 2.05) is 0 Å². The summed E-state index contributed by atoms with van der Waals surface area (Å²) in [7, 11) is 0. The highest BCUT2D eigenvalue weighted by molar-refractivity contribution is 5.90. The molecule has 98 valence electrons. The van der Waals surface area contributed by atoms with Crippen LogP contribution in [0, 0.1) is 18.7 Å². The number of ether oxygens (including phenoxy) is 2. The predicted octanol–water partition coefficient (Wildman–Crippen LogP) is 1.91. The van der Waals surface area contributed by atoms with E-state index in [0.717, 1.165) is 12.5 Å². The monoisotopic (exact) mass is 253 g/mol. The number of hydrogen-bond donors (Lipinski definition) is 1. The Hall–Kier alpha value is -1.62. The van der Waals surface area contributed by atoms with E-state index in [4.69, 9.17) is 15.2 Å². The fourth-order valence-electron chi connectivity index (χ4n) is 1.81. The van der Waals surface area contributed by atoms with Gasteiger partial charge in [-0.05, 0) is 25.5 Å². The van der Waals surface area contributed by atoms with Crippen LogP contribution < -0.4 is 5.73 Å². The van der Waals surface area contributed by atoms with Crippen molar-refractivity contribution in [3.63, 3.8) is 0 Å². The maximum atomic E-state index is 13.4. The molecule has 1 aliphatic heterocycles. The zero-order valence-electron chi connectivity index (χ0n) is 10.2. The quantitative estimate of drug-likeness (QED) is 0.660. The summed E-state index contributed by atoms with van der Waals surface area (Å²) in [5, 5.41) is 0. The van der Waals surface area contributed by atoms with Gasteiger partial charge in [0.25, 0.3) is 0 Å². The van der Waals surface area contributed by atoms with E-state index in [9.17, 15) is 9.18 Å². The minimum absolute atomic E-state index is 0.148. The summed E-state index contributed by atoms with van der Waals surface area (Å²) in [4.78, 5) is 11.7. The normalized spacial score (nSPS) is 18.9. The summed E-state index contributed by atoms with van der Waals surface area (Å²) in [6.07, 6.45) is 0.887. The molecule has 0 bridgehead atoms.